The number of anilines is 1. The topological polar surface area (TPSA) is 48.5 Å². The lowest BCUT2D eigenvalue weighted by Crippen LogP contribution is -2.52. The molecular formula is C16H20N4OS. The number of hydrogen-bond donors (Lipinski definition) is 1. The summed E-state index contributed by atoms with van der Waals surface area (Å²) in [6.45, 7) is 3.83. The number of nitrogens with zero attached hydrogens (tertiary/aromatic N) is 3. The van der Waals surface area contributed by atoms with Crippen molar-refractivity contribution >= 4 is 23.2 Å². The van der Waals surface area contributed by atoms with Gasteiger partial charge in [-0.2, -0.15) is 0 Å². The molecule has 1 saturated heterocycles. The Kier molecular flexibility index (Phi) is 4.90. The van der Waals surface area contributed by atoms with Gasteiger partial charge < -0.3 is 15.1 Å². The summed E-state index contributed by atoms with van der Waals surface area (Å²) in [5.74, 6) is 0.986. The van der Waals surface area contributed by atoms with E-state index < -0.39 is 0 Å². The zero-order chi connectivity index (χ0) is 15.2. The summed E-state index contributed by atoms with van der Waals surface area (Å²) in [5, 5.41) is 5.07. The van der Waals surface area contributed by atoms with Crippen molar-refractivity contribution < 1.29 is 4.79 Å². The Morgan fingerprint density at radius 3 is 2.73 bits per heavy atom. The average molecular weight is 316 g/mol. The third-order valence-electron chi connectivity index (χ3n) is 3.77. The first-order valence-electron chi connectivity index (χ1n) is 7.54. The van der Waals surface area contributed by atoms with Crippen LogP contribution in [0.2, 0.25) is 0 Å². The third kappa shape index (κ3) is 3.76. The van der Waals surface area contributed by atoms with Crippen LogP contribution in [0.1, 0.15) is 4.88 Å². The number of carbonyl (C=O) groups excluding carboxylic acids is 1. The minimum Gasteiger partial charge on any atom is -0.353 e. The van der Waals surface area contributed by atoms with E-state index in [9.17, 15) is 4.79 Å². The highest BCUT2D eigenvalue weighted by Gasteiger charge is 2.21. The van der Waals surface area contributed by atoms with Crippen LogP contribution in [0, 0.1) is 0 Å². The summed E-state index contributed by atoms with van der Waals surface area (Å²) in [6.07, 6.45) is 2.70. The molecule has 22 heavy (non-hydrogen) atoms. The Bertz CT molecular complexity index is 579. The van der Waals surface area contributed by atoms with Crippen LogP contribution in [0.4, 0.5) is 10.6 Å². The highest BCUT2D eigenvalue weighted by atomic mass is 32.1. The van der Waals surface area contributed by atoms with Gasteiger partial charge in [0.05, 0.1) is 0 Å². The summed E-state index contributed by atoms with van der Waals surface area (Å²) in [7, 11) is 0. The molecular weight excluding hydrogens is 296 g/mol. The fraction of sp³-hybridized carbons (Fsp3) is 0.375. The number of amides is 2. The fourth-order valence-electron chi connectivity index (χ4n) is 2.54. The minimum absolute atomic E-state index is 0.0391. The van der Waals surface area contributed by atoms with Crippen LogP contribution < -0.4 is 10.2 Å². The van der Waals surface area contributed by atoms with E-state index in [1.54, 1.807) is 17.5 Å². The molecule has 3 heterocycles. The molecule has 0 spiro atoms. The van der Waals surface area contributed by atoms with Crippen LogP contribution in [0.25, 0.3) is 0 Å². The van der Waals surface area contributed by atoms with Crippen LogP contribution in [0.5, 0.6) is 0 Å². The van der Waals surface area contributed by atoms with E-state index in [2.05, 4.69) is 26.6 Å². The van der Waals surface area contributed by atoms with Gasteiger partial charge >= 0.3 is 6.03 Å². The number of urea groups is 1. The van der Waals surface area contributed by atoms with Crippen molar-refractivity contribution in [2.45, 2.75) is 6.42 Å². The number of hydrogen-bond acceptors (Lipinski definition) is 4. The second-order valence-electron chi connectivity index (χ2n) is 5.22. The van der Waals surface area contributed by atoms with E-state index in [-0.39, 0.29) is 6.03 Å². The van der Waals surface area contributed by atoms with Gasteiger partial charge in [-0.05, 0) is 30.0 Å². The molecule has 2 aromatic heterocycles. The maximum atomic E-state index is 12.2. The van der Waals surface area contributed by atoms with E-state index in [4.69, 9.17) is 0 Å². The number of carbonyl (C=O) groups is 1. The van der Waals surface area contributed by atoms with E-state index in [1.807, 2.05) is 29.2 Å². The number of thiophene rings is 1. The quantitative estimate of drug-likeness (QED) is 0.941. The lowest BCUT2D eigenvalue weighted by atomic mass is 10.3. The van der Waals surface area contributed by atoms with Gasteiger partial charge in [-0.3, -0.25) is 0 Å². The molecule has 116 valence electrons. The smallest absolute Gasteiger partial charge is 0.317 e. The fourth-order valence-corrected chi connectivity index (χ4v) is 3.25. The minimum atomic E-state index is 0.0391. The van der Waals surface area contributed by atoms with Crippen LogP contribution in [-0.4, -0.2) is 48.6 Å². The van der Waals surface area contributed by atoms with Gasteiger partial charge in [0.25, 0.3) is 0 Å². The first-order chi connectivity index (χ1) is 10.8. The molecule has 1 N–H and O–H groups in total. The SMILES string of the molecule is O=C(NCCc1cccs1)N1CCN(c2ccccn2)CC1. The second kappa shape index (κ2) is 7.26. The molecule has 2 aromatic rings. The molecule has 3 rings (SSSR count). The molecule has 0 radical (unpaired) electrons. The highest BCUT2D eigenvalue weighted by molar-refractivity contribution is 7.09. The van der Waals surface area contributed by atoms with Crippen molar-refractivity contribution in [1.82, 2.24) is 15.2 Å². The van der Waals surface area contributed by atoms with E-state index >= 15 is 0 Å². The van der Waals surface area contributed by atoms with Crippen LogP contribution >= 0.6 is 11.3 Å². The summed E-state index contributed by atoms with van der Waals surface area (Å²) in [5.41, 5.74) is 0. The van der Waals surface area contributed by atoms with Gasteiger partial charge in [-0.15, -0.1) is 11.3 Å². The van der Waals surface area contributed by atoms with Gasteiger partial charge in [0.2, 0.25) is 0 Å². The van der Waals surface area contributed by atoms with Crippen molar-refractivity contribution in [2.24, 2.45) is 0 Å². The van der Waals surface area contributed by atoms with E-state index in [1.165, 1.54) is 4.88 Å². The molecule has 1 fully saturated rings. The largest absolute Gasteiger partial charge is 0.353 e. The molecule has 0 saturated carbocycles. The summed E-state index contributed by atoms with van der Waals surface area (Å²) < 4.78 is 0. The summed E-state index contributed by atoms with van der Waals surface area (Å²) >= 11 is 1.73. The molecule has 1 aliphatic rings. The number of nitrogens with one attached hydrogen (secondary N) is 1. The molecule has 0 aliphatic carbocycles. The van der Waals surface area contributed by atoms with E-state index in [0.29, 0.717) is 6.54 Å². The maximum Gasteiger partial charge on any atom is 0.317 e. The molecule has 6 heteroatoms. The predicted molar refractivity (Wildman–Crippen MR) is 89.4 cm³/mol. The maximum absolute atomic E-state index is 12.2. The van der Waals surface area contributed by atoms with E-state index in [0.717, 1.165) is 38.4 Å². The Morgan fingerprint density at radius 2 is 2.05 bits per heavy atom. The first-order valence-corrected chi connectivity index (χ1v) is 8.42. The number of pyridine rings is 1. The number of aromatic nitrogens is 1. The first kappa shape index (κ1) is 14.8. The lowest BCUT2D eigenvalue weighted by molar-refractivity contribution is 0.194. The van der Waals surface area contributed by atoms with Crippen LogP contribution in [0.15, 0.2) is 41.9 Å². The number of rotatable bonds is 4. The standard InChI is InChI=1S/C16H20N4OS/c21-16(18-8-6-14-4-3-13-22-14)20-11-9-19(10-12-20)15-5-1-2-7-17-15/h1-5,7,13H,6,8-12H2,(H,18,21). The van der Waals surface area contributed by atoms with Crippen LogP contribution in [0.3, 0.4) is 0 Å². The summed E-state index contributed by atoms with van der Waals surface area (Å²) in [6, 6.07) is 10.1. The van der Waals surface area contributed by atoms with Crippen molar-refractivity contribution in [2.75, 3.05) is 37.6 Å². The molecule has 0 aromatic carbocycles. The Labute approximate surface area is 134 Å². The second-order valence-corrected chi connectivity index (χ2v) is 6.26. The van der Waals surface area contributed by atoms with Gasteiger partial charge in [0, 0.05) is 43.8 Å². The van der Waals surface area contributed by atoms with Crippen LogP contribution in [-0.2, 0) is 6.42 Å². The molecule has 0 bridgehead atoms. The van der Waals surface area contributed by atoms with Crippen molar-refractivity contribution in [3.05, 3.63) is 46.8 Å². The van der Waals surface area contributed by atoms with Gasteiger partial charge in [0.15, 0.2) is 0 Å². The van der Waals surface area contributed by atoms with Gasteiger partial charge in [-0.1, -0.05) is 12.1 Å². The number of piperazine rings is 1. The Morgan fingerprint density at radius 1 is 1.18 bits per heavy atom. The molecule has 1 aliphatic heterocycles. The average Bonchev–Trinajstić information content (AvgIpc) is 3.09. The zero-order valence-electron chi connectivity index (χ0n) is 12.4. The molecule has 5 nitrogen and oxygen atoms in total. The Hall–Kier alpha value is -2.08. The van der Waals surface area contributed by atoms with Crippen molar-refractivity contribution in [3.8, 4) is 0 Å². The molecule has 2 amide bonds. The van der Waals surface area contributed by atoms with Gasteiger partial charge in [-0.25, -0.2) is 9.78 Å². The highest BCUT2D eigenvalue weighted by Crippen LogP contribution is 2.12. The third-order valence-corrected chi connectivity index (χ3v) is 4.70. The van der Waals surface area contributed by atoms with Crippen molar-refractivity contribution in [3.63, 3.8) is 0 Å². The monoisotopic (exact) mass is 316 g/mol. The Balaban J connectivity index is 1.42. The summed E-state index contributed by atoms with van der Waals surface area (Å²) in [4.78, 5) is 21.9. The zero-order valence-corrected chi connectivity index (χ0v) is 13.3. The van der Waals surface area contributed by atoms with Gasteiger partial charge in [0.1, 0.15) is 5.82 Å². The lowest BCUT2D eigenvalue weighted by Gasteiger charge is -2.35. The van der Waals surface area contributed by atoms with Crippen molar-refractivity contribution in [1.29, 1.82) is 0 Å². The normalized spacial score (nSPS) is 14.9. The predicted octanol–water partition coefficient (Wildman–Crippen LogP) is 2.22. The molecule has 0 unspecified atom stereocenters. The molecule has 0 atom stereocenters.